The molecule has 0 aliphatic carbocycles. The van der Waals surface area contributed by atoms with Gasteiger partial charge in [0.1, 0.15) is 5.75 Å². The first-order valence-electron chi connectivity index (χ1n) is 11.1. The number of anilines is 1. The summed E-state index contributed by atoms with van der Waals surface area (Å²) in [6, 6.07) is 8.27. The molecule has 0 saturated carbocycles. The molecular weight excluding hydrogens is 450 g/mol. The summed E-state index contributed by atoms with van der Waals surface area (Å²) < 4.78 is 21.8. The van der Waals surface area contributed by atoms with Crippen LogP contribution in [0.5, 0.6) is 23.0 Å². The maximum Gasteiger partial charge on any atom is 0.241 e. The predicted molar refractivity (Wildman–Crippen MR) is 138 cm³/mol. The molecule has 35 heavy (non-hydrogen) atoms. The van der Waals surface area contributed by atoms with Gasteiger partial charge in [-0.1, -0.05) is 25.1 Å². The molecule has 2 rings (SSSR count). The van der Waals surface area contributed by atoms with E-state index in [1.54, 1.807) is 24.3 Å². The Morgan fingerprint density at radius 1 is 0.971 bits per heavy atom. The van der Waals surface area contributed by atoms with Gasteiger partial charge in [-0.25, -0.2) is 0 Å². The van der Waals surface area contributed by atoms with Crippen LogP contribution in [0.25, 0.3) is 11.3 Å². The molecule has 190 valence electrons. The minimum Gasteiger partial charge on any atom is -0.495 e. The van der Waals surface area contributed by atoms with E-state index in [2.05, 4.69) is 17.2 Å². The van der Waals surface area contributed by atoms with E-state index in [1.807, 2.05) is 26.8 Å². The van der Waals surface area contributed by atoms with Crippen molar-refractivity contribution < 1.29 is 28.6 Å². The van der Waals surface area contributed by atoms with E-state index in [0.29, 0.717) is 52.3 Å². The number of hydrogen-bond acceptors (Lipinski definition) is 8. The zero-order valence-corrected chi connectivity index (χ0v) is 21.4. The Hall–Kier alpha value is -3.72. The summed E-state index contributed by atoms with van der Waals surface area (Å²) >= 11 is 0. The number of carbonyl (C=O) groups is 1. The molecule has 3 N–H and O–H groups in total. The smallest absolute Gasteiger partial charge is 0.241 e. The lowest BCUT2D eigenvalue weighted by molar-refractivity contribution is -0.117. The number of methoxy groups -OCH3 is 4. The van der Waals surface area contributed by atoms with Gasteiger partial charge < -0.3 is 34.8 Å². The molecular formula is C26H35N3O6. The quantitative estimate of drug-likeness (QED) is 0.196. The van der Waals surface area contributed by atoms with Gasteiger partial charge in [0.15, 0.2) is 17.3 Å². The molecule has 0 radical (unpaired) electrons. The Bertz CT molecular complexity index is 1060. The van der Waals surface area contributed by atoms with Crippen LogP contribution in [0.4, 0.5) is 5.69 Å². The molecule has 2 aromatic rings. The summed E-state index contributed by atoms with van der Waals surface area (Å²) in [5, 5.41) is 6.52. The average Bonchev–Trinajstić information content (AvgIpc) is 2.85. The molecule has 9 nitrogen and oxygen atoms in total. The van der Waals surface area contributed by atoms with E-state index in [0.717, 1.165) is 11.1 Å². The number of amides is 1. The normalized spacial score (nSPS) is 12.4. The van der Waals surface area contributed by atoms with Gasteiger partial charge in [0.2, 0.25) is 11.7 Å². The molecule has 0 fully saturated rings. The van der Waals surface area contributed by atoms with Gasteiger partial charge in [0.05, 0.1) is 40.2 Å². The van der Waals surface area contributed by atoms with Gasteiger partial charge in [-0.2, -0.15) is 0 Å². The number of nitrogens with zero attached hydrogens (tertiary/aromatic N) is 1. The second-order valence-corrected chi connectivity index (χ2v) is 8.23. The molecule has 1 amide bonds. The summed E-state index contributed by atoms with van der Waals surface area (Å²) in [7, 11) is 6.14. The van der Waals surface area contributed by atoms with Crippen molar-refractivity contribution in [2.24, 2.45) is 16.8 Å². The first-order chi connectivity index (χ1) is 16.7. The van der Waals surface area contributed by atoms with Crippen LogP contribution in [-0.4, -0.2) is 47.1 Å². The van der Waals surface area contributed by atoms with Gasteiger partial charge in [-0.3, -0.25) is 4.79 Å². The maximum absolute atomic E-state index is 12.7. The predicted octanol–water partition coefficient (Wildman–Crippen LogP) is 4.55. The van der Waals surface area contributed by atoms with Crippen molar-refractivity contribution >= 4 is 29.6 Å². The van der Waals surface area contributed by atoms with Crippen LogP contribution in [0.15, 0.2) is 35.5 Å². The average molecular weight is 486 g/mol. The van der Waals surface area contributed by atoms with Crippen molar-refractivity contribution in [1.29, 1.82) is 0 Å². The SMILES string of the molecule is C=NO/C(=C(\C)c1ccc(OC)c(NC(=O)C(N)CC(C)C)c1)c1cc(OC)c(OC)c(OC)c1. The topological polar surface area (TPSA) is 114 Å². The largest absolute Gasteiger partial charge is 0.495 e. The Morgan fingerprint density at radius 2 is 1.57 bits per heavy atom. The monoisotopic (exact) mass is 485 g/mol. The van der Waals surface area contributed by atoms with E-state index in [4.69, 9.17) is 29.5 Å². The van der Waals surface area contributed by atoms with E-state index >= 15 is 0 Å². The molecule has 0 bridgehead atoms. The Balaban J connectivity index is 2.59. The number of nitrogens with one attached hydrogen (secondary N) is 1. The Kier molecular flexibility index (Phi) is 9.96. The minimum absolute atomic E-state index is 0.287. The summed E-state index contributed by atoms with van der Waals surface area (Å²) in [5.41, 5.74) is 8.66. The summed E-state index contributed by atoms with van der Waals surface area (Å²) in [5.74, 6) is 2.29. The van der Waals surface area contributed by atoms with Gasteiger partial charge in [-0.05, 0) is 49.1 Å². The molecule has 0 spiro atoms. The van der Waals surface area contributed by atoms with E-state index in [-0.39, 0.29) is 5.91 Å². The van der Waals surface area contributed by atoms with Crippen LogP contribution in [0.2, 0.25) is 0 Å². The van der Waals surface area contributed by atoms with Crippen molar-refractivity contribution in [3.05, 3.63) is 41.5 Å². The fraction of sp³-hybridized carbons (Fsp3) is 0.385. The molecule has 1 atom stereocenters. The molecule has 1 unspecified atom stereocenters. The number of ether oxygens (including phenoxy) is 4. The Labute approximate surface area is 206 Å². The van der Waals surface area contributed by atoms with Crippen LogP contribution in [-0.2, 0) is 9.63 Å². The number of benzene rings is 2. The van der Waals surface area contributed by atoms with E-state index in [1.165, 1.54) is 28.4 Å². The first kappa shape index (κ1) is 27.5. The number of rotatable bonds is 12. The van der Waals surface area contributed by atoms with Crippen LogP contribution in [0, 0.1) is 5.92 Å². The van der Waals surface area contributed by atoms with Crippen LogP contribution in [0.3, 0.4) is 0 Å². The van der Waals surface area contributed by atoms with Crippen molar-refractivity contribution in [2.75, 3.05) is 33.8 Å². The molecule has 0 aliphatic rings. The van der Waals surface area contributed by atoms with Crippen molar-refractivity contribution in [3.8, 4) is 23.0 Å². The standard InChI is InChI=1S/C26H35N3O6/c1-15(2)11-19(27)26(30)29-20-12-17(9-10-21(20)31-5)16(3)24(35-28-4)18-13-22(32-6)25(34-8)23(14-18)33-7/h9-10,12-15,19H,4,11,27H2,1-3,5-8H3,(H,29,30)/b24-16+. The summed E-state index contributed by atoms with van der Waals surface area (Å²) in [6.45, 7) is 9.36. The number of oxime groups is 1. The fourth-order valence-electron chi connectivity index (χ4n) is 3.62. The van der Waals surface area contributed by atoms with Gasteiger partial charge in [0.25, 0.3) is 0 Å². The Morgan fingerprint density at radius 3 is 2.06 bits per heavy atom. The summed E-state index contributed by atoms with van der Waals surface area (Å²) in [6.07, 6.45) is 0.566. The molecule has 0 aromatic heterocycles. The second kappa shape index (κ2) is 12.7. The number of carbonyl (C=O) groups excluding carboxylic acids is 1. The number of allylic oxidation sites excluding steroid dienone is 1. The highest BCUT2D eigenvalue weighted by atomic mass is 16.6. The highest BCUT2D eigenvalue weighted by Gasteiger charge is 2.21. The third kappa shape index (κ3) is 6.66. The zero-order chi connectivity index (χ0) is 26.1. The van der Waals surface area contributed by atoms with Gasteiger partial charge in [-0.15, -0.1) is 0 Å². The van der Waals surface area contributed by atoms with Crippen molar-refractivity contribution in [2.45, 2.75) is 33.2 Å². The van der Waals surface area contributed by atoms with E-state index in [9.17, 15) is 4.79 Å². The number of hydrogen-bond donors (Lipinski definition) is 2. The van der Waals surface area contributed by atoms with E-state index < -0.39 is 6.04 Å². The zero-order valence-electron chi connectivity index (χ0n) is 21.4. The molecule has 2 aromatic carbocycles. The minimum atomic E-state index is -0.636. The molecule has 0 aliphatic heterocycles. The summed E-state index contributed by atoms with van der Waals surface area (Å²) in [4.78, 5) is 18.2. The second-order valence-electron chi connectivity index (χ2n) is 8.23. The highest BCUT2D eigenvalue weighted by Crippen LogP contribution is 2.42. The van der Waals surface area contributed by atoms with Gasteiger partial charge >= 0.3 is 0 Å². The maximum atomic E-state index is 12.7. The van der Waals surface area contributed by atoms with Crippen LogP contribution in [0.1, 0.15) is 38.3 Å². The van der Waals surface area contributed by atoms with Crippen LogP contribution >= 0.6 is 0 Å². The van der Waals surface area contributed by atoms with Crippen LogP contribution < -0.4 is 30.0 Å². The number of nitrogens with two attached hydrogens (primary N) is 1. The first-order valence-corrected chi connectivity index (χ1v) is 11.1. The molecule has 0 saturated heterocycles. The third-order valence-corrected chi connectivity index (χ3v) is 5.38. The lowest BCUT2D eigenvalue weighted by atomic mass is 10.0. The fourth-order valence-corrected chi connectivity index (χ4v) is 3.62. The molecule has 0 heterocycles. The van der Waals surface area contributed by atoms with Crippen molar-refractivity contribution in [1.82, 2.24) is 0 Å². The third-order valence-electron chi connectivity index (χ3n) is 5.38. The van der Waals surface area contributed by atoms with Crippen molar-refractivity contribution in [3.63, 3.8) is 0 Å². The highest BCUT2D eigenvalue weighted by molar-refractivity contribution is 5.97. The lowest BCUT2D eigenvalue weighted by Crippen LogP contribution is -2.36. The van der Waals surface area contributed by atoms with Gasteiger partial charge in [0, 0.05) is 17.9 Å². The molecule has 9 heteroatoms. The lowest BCUT2D eigenvalue weighted by Gasteiger charge is -2.18.